The molecule has 0 radical (unpaired) electrons. The molecule has 0 aliphatic rings. The summed E-state index contributed by atoms with van der Waals surface area (Å²) >= 11 is -1.29. The van der Waals surface area contributed by atoms with Gasteiger partial charge in [-0.1, -0.05) is 32.0 Å². The van der Waals surface area contributed by atoms with Gasteiger partial charge in [-0.3, -0.25) is 9.69 Å². The molecule has 0 heterocycles. The summed E-state index contributed by atoms with van der Waals surface area (Å²) in [5.41, 5.74) is 1.09. The quantitative estimate of drug-likeness (QED) is 0.313. The first-order valence-electron chi connectivity index (χ1n) is 12.0. The molecule has 0 bridgehead atoms. The molecule has 0 aromatic heterocycles. The first kappa shape index (κ1) is 26.6. The number of hydrogen-bond donors (Lipinski definition) is 1. The summed E-state index contributed by atoms with van der Waals surface area (Å²) in [7, 11) is 1.60. The Morgan fingerprint density at radius 1 is 0.886 bits per heavy atom. The molecule has 0 saturated carbocycles. The van der Waals surface area contributed by atoms with E-state index in [1.54, 1.807) is 49.6 Å². The van der Waals surface area contributed by atoms with Gasteiger partial charge in [0.15, 0.2) is 21.3 Å². The average Bonchev–Trinajstić information content (AvgIpc) is 2.89. The SMILES string of the molecule is CCCN(CCC)CCOc1cc(NC(=O)c2ccc([S+]([O-])c3ccccc3)cc2)ccc1OC. The standard InChI is InChI=1S/C28H34N2O4S/c1-4-17-30(18-5-2)19-20-34-27-21-23(13-16-26(27)33-3)29-28(31)22-11-14-25(15-12-22)35(32)24-9-7-6-8-10-24/h6-16,21H,4-5,17-20H2,1-3H3,(H,29,31). The lowest BCUT2D eigenvalue weighted by Gasteiger charge is -2.21. The van der Waals surface area contributed by atoms with E-state index in [9.17, 15) is 9.35 Å². The summed E-state index contributed by atoms with van der Waals surface area (Å²) in [6.45, 7) is 7.81. The maximum Gasteiger partial charge on any atom is 0.255 e. The Morgan fingerprint density at radius 3 is 2.17 bits per heavy atom. The number of carbonyl (C=O) groups is 1. The lowest BCUT2D eigenvalue weighted by Crippen LogP contribution is -2.30. The average molecular weight is 495 g/mol. The third-order valence-corrected chi connectivity index (χ3v) is 6.85. The van der Waals surface area contributed by atoms with Gasteiger partial charge in [0.2, 0.25) is 0 Å². The molecule has 1 unspecified atom stereocenters. The predicted molar refractivity (Wildman–Crippen MR) is 141 cm³/mol. The van der Waals surface area contributed by atoms with E-state index in [1.165, 1.54) is 0 Å². The third-order valence-electron chi connectivity index (χ3n) is 5.45. The van der Waals surface area contributed by atoms with Crippen molar-refractivity contribution in [2.75, 3.05) is 38.7 Å². The van der Waals surface area contributed by atoms with Crippen LogP contribution in [0.2, 0.25) is 0 Å². The van der Waals surface area contributed by atoms with Gasteiger partial charge in [0.25, 0.3) is 5.91 Å². The second-order valence-electron chi connectivity index (χ2n) is 8.12. The number of anilines is 1. The maximum absolute atomic E-state index is 12.8. The zero-order chi connectivity index (χ0) is 25.0. The van der Waals surface area contributed by atoms with Crippen molar-refractivity contribution in [3.05, 3.63) is 78.4 Å². The van der Waals surface area contributed by atoms with E-state index < -0.39 is 11.2 Å². The summed E-state index contributed by atoms with van der Waals surface area (Å²) in [6, 6.07) is 21.4. The molecule has 3 aromatic carbocycles. The fraction of sp³-hybridized carbons (Fsp3) is 0.321. The van der Waals surface area contributed by atoms with Crippen LogP contribution in [0.5, 0.6) is 11.5 Å². The number of ether oxygens (including phenoxy) is 2. The lowest BCUT2D eigenvalue weighted by molar-refractivity contribution is 0.102. The molecule has 3 rings (SSSR count). The van der Waals surface area contributed by atoms with Crippen LogP contribution >= 0.6 is 0 Å². The van der Waals surface area contributed by atoms with Gasteiger partial charge in [0.05, 0.1) is 7.11 Å². The van der Waals surface area contributed by atoms with Gasteiger partial charge in [-0.2, -0.15) is 0 Å². The number of nitrogens with zero attached hydrogens (tertiary/aromatic N) is 1. The number of hydrogen-bond acceptors (Lipinski definition) is 5. The Hall–Kier alpha value is -3.00. The number of carbonyl (C=O) groups excluding carboxylic acids is 1. The van der Waals surface area contributed by atoms with Gasteiger partial charge in [-0.15, -0.1) is 0 Å². The molecule has 3 aromatic rings. The molecule has 186 valence electrons. The van der Waals surface area contributed by atoms with Gasteiger partial charge in [-0.05, 0) is 74.5 Å². The Balaban J connectivity index is 1.63. The maximum atomic E-state index is 12.8. The minimum absolute atomic E-state index is 0.254. The molecule has 7 heteroatoms. The second kappa shape index (κ2) is 13.8. The molecule has 0 fully saturated rings. The molecule has 1 amide bonds. The number of benzene rings is 3. The van der Waals surface area contributed by atoms with Crippen molar-refractivity contribution >= 4 is 22.8 Å². The highest BCUT2D eigenvalue weighted by Gasteiger charge is 2.16. The molecular formula is C28H34N2O4S. The largest absolute Gasteiger partial charge is 0.606 e. The number of rotatable bonds is 13. The molecule has 0 aliphatic carbocycles. The van der Waals surface area contributed by atoms with Crippen LogP contribution in [0.15, 0.2) is 82.6 Å². The minimum Gasteiger partial charge on any atom is -0.606 e. The Morgan fingerprint density at radius 2 is 1.54 bits per heavy atom. The highest BCUT2D eigenvalue weighted by Crippen LogP contribution is 2.30. The Bertz CT molecular complexity index is 1050. The smallest absolute Gasteiger partial charge is 0.255 e. The topological polar surface area (TPSA) is 73.9 Å². The predicted octanol–water partition coefficient (Wildman–Crippen LogP) is 5.62. The van der Waals surface area contributed by atoms with Gasteiger partial charge in [-0.25, -0.2) is 0 Å². The van der Waals surface area contributed by atoms with E-state index in [2.05, 4.69) is 24.1 Å². The van der Waals surface area contributed by atoms with E-state index in [1.807, 2.05) is 30.3 Å². The van der Waals surface area contributed by atoms with Gasteiger partial charge in [0, 0.05) is 35.0 Å². The van der Waals surface area contributed by atoms with Crippen LogP contribution in [-0.2, 0) is 11.2 Å². The molecule has 0 aliphatic heterocycles. The van der Waals surface area contributed by atoms with Crippen molar-refractivity contribution in [3.8, 4) is 11.5 Å². The molecular weight excluding hydrogens is 460 g/mol. The molecule has 1 atom stereocenters. The number of amides is 1. The van der Waals surface area contributed by atoms with Crippen LogP contribution in [0.3, 0.4) is 0 Å². The van der Waals surface area contributed by atoms with Crippen LogP contribution in [0.4, 0.5) is 5.69 Å². The van der Waals surface area contributed by atoms with Crippen LogP contribution in [0, 0.1) is 0 Å². The van der Waals surface area contributed by atoms with Crippen molar-refractivity contribution in [3.63, 3.8) is 0 Å². The highest BCUT2D eigenvalue weighted by atomic mass is 32.2. The fourth-order valence-electron chi connectivity index (χ4n) is 3.73. The number of methoxy groups -OCH3 is 1. The Labute approximate surface area is 211 Å². The van der Waals surface area contributed by atoms with Crippen molar-refractivity contribution in [1.82, 2.24) is 4.90 Å². The summed E-state index contributed by atoms with van der Waals surface area (Å²) in [6.07, 6.45) is 2.21. The summed E-state index contributed by atoms with van der Waals surface area (Å²) in [5.74, 6) is 0.954. The van der Waals surface area contributed by atoms with Crippen LogP contribution in [0.1, 0.15) is 37.0 Å². The van der Waals surface area contributed by atoms with E-state index in [0.717, 1.165) is 37.4 Å². The lowest BCUT2D eigenvalue weighted by atomic mass is 10.2. The summed E-state index contributed by atoms with van der Waals surface area (Å²) < 4.78 is 24.1. The summed E-state index contributed by atoms with van der Waals surface area (Å²) in [4.78, 5) is 16.6. The second-order valence-corrected chi connectivity index (χ2v) is 9.60. The van der Waals surface area contributed by atoms with Crippen molar-refractivity contribution < 1.29 is 18.8 Å². The molecule has 0 saturated heterocycles. The highest BCUT2D eigenvalue weighted by molar-refractivity contribution is 7.91. The number of nitrogens with one attached hydrogen (secondary N) is 1. The third kappa shape index (κ3) is 7.75. The van der Waals surface area contributed by atoms with Crippen molar-refractivity contribution in [1.29, 1.82) is 0 Å². The van der Waals surface area contributed by atoms with E-state index >= 15 is 0 Å². The van der Waals surface area contributed by atoms with Gasteiger partial charge in [0.1, 0.15) is 6.61 Å². The molecule has 0 spiro atoms. The van der Waals surface area contributed by atoms with Crippen molar-refractivity contribution in [2.24, 2.45) is 0 Å². The Kier molecular flexibility index (Phi) is 10.5. The monoisotopic (exact) mass is 494 g/mol. The zero-order valence-corrected chi connectivity index (χ0v) is 21.5. The zero-order valence-electron chi connectivity index (χ0n) is 20.7. The first-order chi connectivity index (χ1) is 17.0. The first-order valence-corrected chi connectivity index (χ1v) is 13.1. The fourth-order valence-corrected chi connectivity index (χ4v) is 4.79. The molecule has 1 N–H and O–H groups in total. The van der Waals surface area contributed by atoms with E-state index in [0.29, 0.717) is 34.3 Å². The van der Waals surface area contributed by atoms with Crippen LogP contribution < -0.4 is 14.8 Å². The van der Waals surface area contributed by atoms with Crippen molar-refractivity contribution in [2.45, 2.75) is 36.5 Å². The van der Waals surface area contributed by atoms with E-state index in [4.69, 9.17) is 9.47 Å². The van der Waals surface area contributed by atoms with Crippen LogP contribution in [0.25, 0.3) is 0 Å². The molecule has 6 nitrogen and oxygen atoms in total. The van der Waals surface area contributed by atoms with E-state index in [-0.39, 0.29) is 5.91 Å². The van der Waals surface area contributed by atoms with Crippen LogP contribution in [-0.4, -0.2) is 48.7 Å². The molecule has 35 heavy (non-hydrogen) atoms. The normalized spacial score (nSPS) is 11.8. The minimum atomic E-state index is -1.29. The summed E-state index contributed by atoms with van der Waals surface area (Å²) in [5, 5.41) is 2.91. The van der Waals surface area contributed by atoms with Gasteiger partial charge < -0.3 is 19.3 Å². The van der Waals surface area contributed by atoms with Gasteiger partial charge >= 0.3 is 0 Å².